The van der Waals surface area contributed by atoms with Crippen LogP contribution in [0.4, 0.5) is 4.39 Å². The van der Waals surface area contributed by atoms with Gasteiger partial charge in [-0.2, -0.15) is 0 Å². The van der Waals surface area contributed by atoms with Crippen molar-refractivity contribution in [3.8, 4) is 0 Å². The van der Waals surface area contributed by atoms with Crippen LogP contribution in [-0.2, 0) is 16.6 Å². The maximum atomic E-state index is 13.3. The molecule has 0 spiro atoms. The Morgan fingerprint density at radius 1 is 1.50 bits per heavy atom. The Morgan fingerprint density at radius 2 is 2.12 bits per heavy atom. The van der Waals surface area contributed by atoms with Gasteiger partial charge in [-0.05, 0) is 24.2 Å². The number of nitrogens with one attached hydrogen (secondary N) is 1. The van der Waals surface area contributed by atoms with E-state index in [0.29, 0.717) is 12.1 Å². The third kappa shape index (κ3) is 3.15. The molecule has 1 aromatic carbocycles. The topological polar surface area (TPSA) is 72.2 Å². The molecule has 0 amide bonds. The third-order valence-corrected chi connectivity index (χ3v) is 3.29. The number of hydrogen-bond donors (Lipinski definition) is 2. The van der Waals surface area contributed by atoms with Crippen molar-refractivity contribution in [2.45, 2.75) is 18.4 Å². The first kappa shape index (κ1) is 13.4. The van der Waals surface area contributed by atoms with Crippen molar-refractivity contribution in [2.75, 3.05) is 6.54 Å². The van der Waals surface area contributed by atoms with Gasteiger partial charge in [0.1, 0.15) is 5.82 Å². The van der Waals surface area contributed by atoms with Crippen LogP contribution in [-0.4, -0.2) is 15.0 Å². The molecular weight excluding hydrogens is 255 g/mol. The highest BCUT2D eigenvalue weighted by atomic mass is 35.5. The predicted molar refractivity (Wildman–Crippen MR) is 60.2 cm³/mol. The van der Waals surface area contributed by atoms with Gasteiger partial charge in [-0.15, -0.1) is 0 Å². The summed E-state index contributed by atoms with van der Waals surface area (Å²) in [5, 5.41) is 7.75. The molecule has 3 N–H and O–H groups in total. The zero-order chi connectivity index (χ0) is 12.3. The molecule has 0 unspecified atom stereocenters. The van der Waals surface area contributed by atoms with Gasteiger partial charge in [-0.1, -0.05) is 18.5 Å². The highest BCUT2D eigenvalue weighted by Crippen LogP contribution is 2.23. The van der Waals surface area contributed by atoms with Crippen molar-refractivity contribution in [3.05, 3.63) is 28.5 Å². The van der Waals surface area contributed by atoms with Crippen LogP contribution < -0.4 is 10.5 Å². The van der Waals surface area contributed by atoms with E-state index in [1.165, 1.54) is 6.07 Å². The molecule has 0 saturated carbocycles. The minimum atomic E-state index is -3.92. The van der Waals surface area contributed by atoms with Gasteiger partial charge in [0.15, 0.2) is 0 Å². The average molecular weight is 267 g/mol. The second-order valence-electron chi connectivity index (χ2n) is 3.20. The molecule has 0 aliphatic heterocycles. The third-order valence-electron chi connectivity index (χ3n) is 1.97. The number of hydrogen-bond acceptors (Lipinski definition) is 3. The molecule has 7 heteroatoms. The summed E-state index contributed by atoms with van der Waals surface area (Å²) in [6.45, 7) is 2.82. The number of rotatable bonds is 4. The van der Waals surface area contributed by atoms with E-state index in [-0.39, 0.29) is 16.5 Å². The Hall–Kier alpha value is -0.690. The molecule has 0 atom stereocenters. The van der Waals surface area contributed by atoms with Crippen LogP contribution >= 0.6 is 11.6 Å². The molecule has 0 aliphatic carbocycles. The Balaban J connectivity index is 3.22. The van der Waals surface area contributed by atoms with Gasteiger partial charge >= 0.3 is 0 Å². The van der Waals surface area contributed by atoms with Crippen LogP contribution in [0.15, 0.2) is 17.0 Å². The Kier molecular flexibility index (Phi) is 4.26. The molecule has 0 fully saturated rings. The highest BCUT2D eigenvalue weighted by Gasteiger charge is 2.15. The van der Waals surface area contributed by atoms with E-state index in [2.05, 4.69) is 5.32 Å². The maximum Gasteiger partial charge on any atom is 0.238 e. The minimum absolute atomic E-state index is 0.0895. The fraction of sp³-hybridized carbons (Fsp3) is 0.333. The van der Waals surface area contributed by atoms with E-state index in [0.717, 1.165) is 6.07 Å². The van der Waals surface area contributed by atoms with E-state index in [1.807, 2.05) is 6.92 Å². The van der Waals surface area contributed by atoms with Gasteiger partial charge in [0.25, 0.3) is 0 Å². The Labute approximate surface area is 98.6 Å². The molecule has 0 radical (unpaired) electrons. The zero-order valence-corrected chi connectivity index (χ0v) is 10.2. The fourth-order valence-electron chi connectivity index (χ4n) is 1.17. The normalized spacial score (nSPS) is 11.8. The predicted octanol–water partition coefficient (Wildman–Crippen LogP) is 1.24. The van der Waals surface area contributed by atoms with Gasteiger partial charge in [0, 0.05) is 6.54 Å². The highest BCUT2D eigenvalue weighted by molar-refractivity contribution is 7.89. The number of nitrogens with two attached hydrogens (primary N) is 1. The monoisotopic (exact) mass is 266 g/mol. The van der Waals surface area contributed by atoms with Crippen molar-refractivity contribution < 1.29 is 12.8 Å². The van der Waals surface area contributed by atoms with E-state index in [1.54, 1.807) is 0 Å². The fourth-order valence-corrected chi connectivity index (χ4v) is 1.92. The van der Waals surface area contributed by atoms with Crippen molar-refractivity contribution in [1.29, 1.82) is 0 Å². The summed E-state index contributed by atoms with van der Waals surface area (Å²) in [6, 6.07) is 2.08. The lowest BCUT2D eigenvalue weighted by Crippen LogP contribution is -2.16. The van der Waals surface area contributed by atoms with Gasteiger partial charge < -0.3 is 5.32 Å². The number of halogens is 2. The van der Waals surface area contributed by atoms with Crippen molar-refractivity contribution >= 4 is 21.6 Å². The standard InChI is InChI=1S/C9H12ClFN2O2S/c1-2-13-5-6-3-7(16(12,14)15)4-8(11)9(6)10/h3-4,13H,2,5H2,1H3,(H2,12,14,15). The lowest BCUT2D eigenvalue weighted by atomic mass is 10.2. The molecule has 90 valence electrons. The first-order chi connectivity index (χ1) is 7.36. The van der Waals surface area contributed by atoms with E-state index in [9.17, 15) is 12.8 Å². The Bertz CT molecular complexity index is 491. The lowest BCUT2D eigenvalue weighted by molar-refractivity contribution is 0.590. The first-order valence-corrected chi connectivity index (χ1v) is 6.50. The van der Waals surface area contributed by atoms with E-state index in [4.69, 9.17) is 16.7 Å². The second kappa shape index (κ2) is 5.09. The first-order valence-electron chi connectivity index (χ1n) is 4.57. The maximum absolute atomic E-state index is 13.3. The smallest absolute Gasteiger partial charge is 0.238 e. The quantitative estimate of drug-likeness (QED) is 0.861. The van der Waals surface area contributed by atoms with Crippen LogP contribution in [0, 0.1) is 5.82 Å². The summed E-state index contributed by atoms with van der Waals surface area (Å²) in [4.78, 5) is -0.276. The summed E-state index contributed by atoms with van der Waals surface area (Å²) in [7, 11) is -3.92. The van der Waals surface area contributed by atoms with Crippen LogP contribution in [0.2, 0.25) is 5.02 Å². The molecule has 16 heavy (non-hydrogen) atoms. The van der Waals surface area contributed by atoms with Gasteiger partial charge in [0.05, 0.1) is 9.92 Å². The molecule has 0 aliphatic rings. The van der Waals surface area contributed by atoms with E-state index < -0.39 is 15.8 Å². The van der Waals surface area contributed by atoms with Crippen LogP contribution in [0.25, 0.3) is 0 Å². The van der Waals surface area contributed by atoms with Gasteiger partial charge in [-0.25, -0.2) is 17.9 Å². The van der Waals surface area contributed by atoms with Crippen molar-refractivity contribution in [2.24, 2.45) is 5.14 Å². The molecule has 0 heterocycles. The number of benzene rings is 1. The molecule has 1 aromatic rings. The van der Waals surface area contributed by atoms with Gasteiger partial charge in [-0.3, -0.25) is 0 Å². The average Bonchev–Trinajstić information content (AvgIpc) is 2.18. The van der Waals surface area contributed by atoms with Crippen molar-refractivity contribution in [1.82, 2.24) is 5.32 Å². The summed E-state index contributed by atoms with van der Waals surface area (Å²) in [5.74, 6) is -0.791. The zero-order valence-electron chi connectivity index (χ0n) is 8.63. The minimum Gasteiger partial charge on any atom is -0.313 e. The summed E-state index contributed by atoms with van der Waals surface area (Å²) < 4.78 is 35.5. The lowest BCUT2D eigenvalue weighted by Gasteiger charge is -2.08. The summed E-state index contributed by atoms with van der Waals surface area (Å²) in [6.07, 6.45) is 0. The van der Waals surface area contributed by atoms with Crippen molar-refractivity contribution in [3.63, 3.8) is 0 Å². The van der Waals surface area contributed by atoms with Gasteiger partial charge in [0.2, 0.25) is 10.0 Å². The molecule has 0 aromatic heterocycles. The largest absolute Gasteiger partial charge is 0.313 e. The summed E-state index contributed by atoms with van der Waals surface area (Å²) in [5.41, 5.74) is 0.368. The van der Waals surface area contributed by atoms with Crippen LogP contribution in [0.1, 0.15) is 12.5 Å². The summed E-state index contributed by atoms with van der Waals surface area (Å²) >= 11 is 5.70. The second-order valence-corrected chi connectivity index (χ2v) is 5.14. The Morgan fingerprint density at radius 3 is 2.62 bits per heavy atom. The molecule has 4 nitrogen and oxygen atoms in total. The molecule has 0 saturated heterocycles. The number of primary sulfonamides is 1. The number of sulfonamides is 1. The molecular formula is C9H12ClFN2O2S. The van der Waals surface area contributed by atoms with Crippen LogP contribution in [0.5, 0.6) is 0 Å². The SMILES string of the molecule is CCNCc1cc(S(N)(=O)=O)cc(F)c1Cl. The molecule has 1 rings (SSSR count). The molecule has 0 bridgehead atoms. The van der Waals surface area contributed by atoms with Crippen LogP contribution in [0.3, 0.4) is 0 Å². The van der Waals surface area contributed by atoms with E-state index >= 15 is 0 Å².